The molecule has 4 aromatic rings. The molecule has 1 aliphatic heterocycles. The Kier molecular flexibility index (Phi) is 8.01. The van der Waals surface area contributed by atoms with Crippen LogP contribution in [0.25, 0.3) is 21.8 Å². The lowest BCUT2D eigenvalue weighted by atomic mass is 10.1. The number of fused-ring (bicyclic) bond motifs is 2. The summed E-state index contributed by atoms with van der Waals surface area (Å²) in [7, 11) is 0. The highest BCUT2D eigenvalue weighted by atomic mass is 79.9. The Morgan fingerprint density at radius 2 is 1.31 bits per heavy atom. The number of benzene rings is 2. The maximum atomic E-state index is 13.9. The summed E-state index contributed by atoms with van der Waals surface area (Å²) in [5.74, 6) is -2.11. The van der Waals surface area contributed by atoms with Gasteiger partial charge in [0.25, 0.3) is 0 Å². The maximum absolute atomic E-state index is 13.9. The molecule has 0 N–H and O–H groups in total. The van der Waals surface area contributed by atoms with E-state index in [0.717, 1.165) is 30.5 Å². The number of amides is 1. The highest BCUT2D eigenvalue weighted by Crippen LogP contribution is 2.36. The second kappa shape index (κ2) is 10.7. The van der Waals surface area contributed by atoms with Gasteiger partial charge in [-0.15, -0.1) is 0 Å². The Morgan fingerprint density at radius 1 is 0.778 bits per heavy atom. The monoisotopic (exact) mass is 689 g/mol. The number of carbonyl (C=O) groups excluding carboxylic acids is 1. The summed E-state index contributed by atoms with van der Waals surface area (Å²) in [6, 6.07) is 4.07. The SMILES string of the molecule is Cc1c(Br)nc2cc(F)cc(F)c2c1Br.Cc1c(N2CCCCC2=O)nc2cc(F)cc(F)c2c1Br. The van der Waals surface area contributed by atoms with Crippen LogP contribution >= 0.6 is 47.8 Å². The van der Waals surface area contributed by atoms with Crippen LogP contribution < -0.4 is 4.90 Å². The van der Waals surface area contributed by atoms with E-state index < -0.39 is 23.3 Å². The minimum atomic E-state index is -0.681. The lowest BCUT2D eigenvalue weighted by Crippen LogP contribution is -2.36. The molecule has 0 aliphatic carbocycles. The molecule has 0 atom stereocenters. The molecule has 2 aromatic heterocycles. The number of piperidine rings is 1. The molecule has 5 rings (SSSR count). The van der Waals surface area contributed by atoms with Gasteiger partial charge in [-0.1, -0.05) is 0 Å². The summed E-state index contributed by atoms with van der Waals surface area (Å²) in [5, 5.41) is 0.541. The standard InChI is InChI=1S/C15H13BrF2N2O.C10H5Br2F2N/c1-8-14(16)13-10(18)6-9(17)7-11(13)19-15(8)20-5-3-2-4-12(20)21;1-4-9(11)8-6(14)2-5(13)3-7(8)15-10(4)12/h6-7H,2-5H2,1H3;2-3H,1H3. The van der Waals surface area contributed by atoms with E-state index in [9.17, 15) is 22.4 Å². The van der Waals surface area contributed by atoms with E-state index in [0.29, 0.717) is 43.3 Å². The van der Waals surface area contributed by atoms with Gasteiger partial charge in [0, 0.05) is 51.7 Å². The van der Waals surface area contributed by atoms with Crippen LogP contribution in [0.3, 0.4) is 0 Å². The Balaban J connectivity index is 0.000000179. The quantitative estimate of drug-likeness (QED) is 0.149. The predicted octanol–water partition coefficient (Wildman–Crippen LogP) is 8.45. The van der Waals surface area contributed by atoms with Crippen molar-refractivity contribution in [3.63, 3.8) is 0 Å². The van der Waals surface area contributed by atoms with E-state index in [1.165, 1.54) is 12.1 Å². The van der Waals surface area contributed by atoms with Crippen LogP contribution in [-0.4, -0.2) is 22.4 Å². The first-order chi connectivity index (χ1) is 17.0. The lowest BCUT2D eigenvalue weighted by Gasteiger charge is -2.27. The molecular formula is C25H18Br3F4N3O. The minimum Gasteiger partial charge on any atom is -0.297 e. The van der Waals surface area contributed by atoms with E-state index in [-0.39, 0.29) is 22.3 Å². The third-order valence-corrected chi connectivity index (χ3v) is 8.59. The van der Waals surface area contributed by atoms with Crippen LogP contribution in [0.5, 0.6) is 0 Å². The second-order valence-electron chi connectivity index (χ2n) is 8.28. The van der Waals surface area contributed by atoms with Gasteiger partial charge >= 0.3 is 0 Å². The van der Waals surface area contributed by atoms with Crippen LogP contribution in [0.2, 0.25) is 0 Å². The number of hydrogen-bond donors (Lipinski definition) is 0. The Bertz CT molecular complexity index is 1530. The molecule has 1 aliphatic rings. The summed E-state index contributed by atoms with van der Waals surface area (Å²) < 4.78 is 55.5. The van der Waals surface area contributed by atoms with Crippen molar-refractivity contribution in [3.8, 4) is 0 Å². The zero-order valence-corrected chi connectivity index (χ0v) is 23.8. The number of nitrogens with zero attached hydrogens (tertiary/aromatic N) is 3. The zero-order chi connectivity index (χ0) is 26.3. The fraction of sp³-hybridized carbons (Fsp3) is 0.240. The van der Waals surface area contributed by atoms with E-state index in [1.807, 2.05) is 0 Å². The van der Waals surface area contributed by atoms with Gasteiger partial charge in [-0.05, 0) is 80.0 Å². The molecule has 0 unspecified atom stereocenters. The van der Waals surface area contributed by atoms with Crippen molar-refractivity contribution >= 4 is 81.3 Å². The molecule has 1 amide bonds. The van der Waals surface area contributed by atoms with Crippen molar-refractivity contribution < 1.29 is 22.4 Å². The third-order valence-electron chi connectivity index (χ3n) is 5.83. The van der Waals surface area contributed by atoms with Crippen LogP contribution in [0.4, 0.5) is 23.4 Å². The second-order valence-corrected chi connectivity index (χ2v) is 10.6. The number of aromatic nitrogens is 2. The molecule has 188 valence electrons. The number of hydrogen-bond acceptors (Lipinski definition) is 3. The van der Waals surface area contributed by atoms with Gasteiger partial charge < -0.3 is 0 Å². The van der Waals surface area contributed by atoms with E-state index in [4.69, 9.17) is 0 Å². The summed E-state index contributed by atoms with van der Waals surface area (Å²) in [5.41, 5.74) is 1.96. The average Bonchev–Trinajstić information content (AvgIpc) is 2.80. The summed E-state index contributed by atoms with van der Waals surface area (Å²) in [6.45, 7) is 4.16. The first-order valence-electron chi connectivity index (χ1n) is 10.8. The van der Waals surface area contributed by atoms with Gasteiger partial charge in [0.05, 0.1) is 21.8 Å². The van der Waals surface area contributed by atoms with Gasteiger partial charge in [0.2, 0.25) is 5.91 Å². The Hall–Kier alpha value is -2.11. The van der Waals surface area contributed by atoms with Gasteiger partial charge in [-0.25, -0.2) is 27.5 Å². The van der Waals surface area contributed by atoms with Gasteiger partial charge in [0.1, 0.15) is 33.7 Å². The number of pyridine rings is 2. The highest BCUT2D eigenvalue weighted by molar-refractivity contribution is 9.11. The zero-order valence-electron chi connectivity index (χ0n) is 19.0. The molecule has 11 heteroatoms. The van der Waals surface area contributed by atoms with Crippen LogP contribution in [0, 0.1) is 37.1 Å². The van der Waals surface area contributed by atoms with Gasteiger partial charge in [-0.3, -0.25) is 9.69 Å². The van der Waals surface area contributed by atoms with Crippen molar-refractivity contribution in [1.82, 2.24) is 9.97 Å². The van der Waals surface area contributed by atoms with Crippen molar-refractivity contribution in [3.05, 3.63) is 72.2 Å². The molecule has 2 aromatic carbocycles. The third kappa shape index (κ3) is 5.15. The largest absolute Gasteiger partial charge is 0.297 e. The molecule has 0 saturated carbocycles. The van der Waals surface area contributed by atoms with Crippen molar-refractivity contribution in [2.24, 2.45) is 0 Å². The van der Waals surface area contributed by atoms with Gasteiger partial charge in [-0.2, -0.15) is 0 Å². The van der Waals surface area contributed by atoms with E-state index in [1.54, 1.807) is 18.7 Å². The van der Waals surface area contributed by atoms with Crippen LogP contribution in [0.1, 0.15) is 30.4 Å². The Labute approximate surface area is 229 Å². The predicted molar refractivity (Wildman–Crippen MR) is 142 cm³/mol. The van der Waals surface area contributed by atoms with Crippen LogP contribution in [0.15, 0.2) is 37.8 Å². The Morgan fingerprint density at radius 3 is 1.86 bits per heavy atom. The number of rotatable bonds is 1. The smallest absolute Gasteiger partial charge is 0.228 e. The first kappa shape index (κ1) is 26.9. The van der Waals surface area contributed by atoms with Crippen molar-refractivity contribution in [1.29, 1.82) is 0 Å². The molecule has 3 heterocycles. The summed E-state index contributed by atoms with van der Waals surface area (Å²) in [4.78, 5) is 22.0. The molecule has 36 heavy (non-hydrogen) atoms. The molecule has 0 bridgehead atoms. The molecule has 1 saturated heterocycles. The fourth-order valence-corrected chi connectivity index (χ4v) is 5.78. The minimum absolute atomic E-state index is 0.0000231. The summed E-state index contributed by atoms with van der Waals surface area (Å²) >= 11 is 9.86. The number of halogens is 7. The molecule has 0 spiro atoms. The molecule has 1 fully saturated rings. The highest BCUT2D eigenvalue weighted by Gasteiger charge is 2.25. The number of carbonyl (C=O) groups is 1. The van der Waals surface area contributed by atoms with Crippen molar-refractivity contribution in [2.45, 2.75) is 33.1 Å². The topological polar surface area (TPSA) is 46.1 Å². The average molecular weight is 692 g/mol. The van der Waals surface area contributed by atoms with E-state index >= 15 is 0 Å². The lowest BCUT2D eigenvalue weighted by molar-refractivity contribution is -0.119. The summed E-state index contributed by atoms with van der Waals surface area (Å²) in [6.07, 6.45) is 2.25. The maximum Gasteiger partial charge on any atom is 0.228 e. The van der Waals surface area contributed by atoms with E-state index in [2.05, 4.69) is 57.8 Å². The first-order valence-corrected chi connectivity index (χ1v) is 13.2. The normalized spacial score (nSPS) is 13.8. The molecule has 0 radical (unpaired) electrons. The molecular weight excluding hydrogens is 674 g/mol. The number of anilines is 1. The van der Waals surface area contributed by atoms with Crippen molar-refractivity contribution in [2.75, 3.05) is 11.4 Å². The fourth-order valence-electron chi connectivity index (χ4n) is 3.97. The van der Waals surface area contributed by atoms with Gasteiger partial charge in [0.15, 0.2) is 0 Å². The van der Waals surface area contributed by atoms with Crippen LogP contribution in [-0.2, 0) is 4.79 Å². The molecule has 4 nitrogen and oxygen atoms in total.